The number of allylic oxidation sites excluding steroid dienone is 3. The van der Waals surface area contributed by atoms with Crippen molar-refractivity contribution in [3.63, 3.8) is 0 Å². The van der Waals surface area contributed by atoms with Crippen molar-refractivity contribution in [1.29, 1.82) is 0 Å². The van der Waals surface area contributed by atoms with Crippen molar-refractivity contribution in [1.82, 2.24) is 0 Å². The van der Waals surface area contributed by atoms with E-state index in [-0.39, 0.29) is 0 Å². The molecular weight excluding hydrogens is 520 g/mol. The zero-order valence-electron chi connectivity index (χ0n) is 24.6. The van der Waals surface area contributed by atoms with Gasteiger partial charge in [0.2, 0.25) is 0 Å². The monoisotopic (exact) mass is 554 g/mol. The molecule has 43 heavy (non-hydrogen) atoms. The van der Waals surface area contributed by atoms with Crippen LogP contribution < -0.4 is 9.80 Å². The van der Waals surface area contributed by atoms with Crippen molar-refractivity contribution in [3.8, 4) is 0 Å². The first-order chi connectivity index (χ1) is 21.3. The number of nitrogens with zero attached hydrogens (tertiary/aromatic N) is 2. The molecule has 0 saturated carbocycles. The molecule has 7 aromatic carbocycles. The van der Waals surface area contributed by atoms with Crippen LogP contribution in [0.25, 0.3) is 32.3 Å². The highest BCUT2D eigenvalue weighted by Crippen LogP contribution is 2.46. The third-order valence-electron chi connectivity index (χ3n) is 8.22. The van der Waals surface area contributed by atoms with Crippen LogP contribution in [0.4, 0.5) is 28.4 Å². The van der Waals surface area contributed by atoms with E-state index in [1.807, 2.05) is 0 Å². The maximum Gasteiger partial charge on any atom is 0.0540 e. The van der Waals surface area contributed by atoms with E-state index in [9.17, 15) is 0 Å². The molecule has 7 aromatic rings. The molecule has 0 saturated heterocycles. The molecule has 2 nitrogen and oxygen atoms in total. The highest BCUT2D eigenvalue weighted by atomic mass is 15.2. The van der Waals surface area contributed by atoms with E-state index >= 15 is 0 Å². The summed E-state index contributed by atoms with van der Waals surface area (Å²) in [5, 5.41) is 7.57. The normalized spacial score (nSPS) is 12.1. The summed E-state index contributed by atoms with van der Waals surface area (Å²) < 4.78 is 0. The minimum Gasteiger partial charge on any atom is -0.310 e. The lowest BCUT2D eigenvalue weighted by Crippen LogP contribution is -2.15. The Labute approximate surface area is 253 Å². The van der Waals surface area contributed by atoms with Crippen LogP contribution in [0.2, 0.25) is 0 Å². The predicted molar refractivity (Wildman–Crippen MR) is 187 cm³/mol. The maximum atomic E-state index is 2.39. The molecule has 0 amide bonds. The SMILES string of the molecule is C/C=C(\C=C/CC)N(c1ccccc1)c1ccc2ccc3c(N(c4ccccc4)c4ccccc4)ccc4ccc1c2c43. The van der Waals surface area contributed by atoms with Crippen LogP contribution in [0, 0.1) is 0 Å². The zero-order valence-corrected chi connectivity index (χ0v) is 24.6. The Kier molecular flexibility index (Phi) is 7.10. The summed E-state index contributed by atoms with van der Waals surface area (Å²) in [5.74, 6) is 0. The highest BCUT2D eigenvalue weighted by Gasteiger charge is 2.21. The van der Waals surface area contributed by atoms with E-state index in [2.05, 4.69) is 181 Å². The van der Waals surface area contributed by atoms with E-state index in [4.69, 9.17) is 0 Å². The molecule has 0 aliphatic heterocycles. The Morgan fingerprint density at radius 1 is 0.535 bits per heavy atom. The Bertz CT molecular complexity index is 2020. The van der Waals surface area contributed by atoms with Crippen LogP contribution >= 0.6 is 0 Å². The molecule has 208 valence electrons. The van der Waals surface area contributed by atoms with Gasteiger partial charge in [-0.3, -0.25) is 0 Å². The van der Waals surface area contributed by atoms with Crippen LogP contribution in [0.15, 0.2) is 163 Å². The van der Waals surface area contributed by atoms with Crippen molar-refractivity contribution in [2.24, 2.45) is 0 Å². The first kappa shape index (κ1) is 26.6. The summed E-state index contributed by atoms with van der Waals surface area (Å²) in [5.41, 5.74) is 6.93. The smallest absolute Gasteiger partial charge is 0.0540 e. The van der Waals surface area contributed by atoms with Crippen LogP contribution in [0.1, 0.15) is 20.3 Å². The van der Waals surface area contributed by atoms with Gasteiger partial charge >= 0.3 is 0 Å². The lowest BCUT2D eigenvalue weighted by atomic mass is 9.91. The van der Waals surface area contributed by atoms with Gasteiger partial charge in [0.15, 0.2) is 0 Å². The van der Waals surface area contributed by atoms with E-state index in [0.29, 0.717) is 0 Å². The topological polar surface area (TPSA) is 6.48 Å². The van der Waals surface area contributed by atoms with Gasteiger partial charge in [0, 0.05) is 33.5 Å². The molecule has 0 bridgehead atoms. The molecule has 0 aromatic heterocycles. The molecule has 0 aliphatic rings. The number of benzene rings is 7. The van der Waals surface area contributed by atoms with Gasteiger partial charge in [0.05, 0.1) is 11.4 Å². The molecule has 0 N–H and O–H groups in total. The third kappa shape index (κ3) is 4.71. The molecule has 0 atom stereocenters. The third-order valence-corrected chi connectivity index (χ3v) is 8.22. The number of anilines is 5. The van der Waals surface area contributed by atoms with Crippen LogP contribution in [0.3, 0.4) is 0 Å². The number of hydrogen-bond donors (Lipinski definition) is 0. The van der Waals surface area contributed by atoms with Crippen molar-refractivity contribution < 1.29 is 0 Å². The van der Waals surface area contributed by atoms with Crippen molar-refractivity contribution in [2.75, 3.05) is 9.80 Å². The van der Waals surface area contributed by atoms with E-state index in [1.54, 1.807) is 0 Å². The fourth-order valence-electron chi connectivity index (χ4n) is 6.28. The van der Waals surface area contributed by atoms with Crippen molar-refractivity contribution in [2.45, 2.75) is 20.3 Å². The first-order valence-electron chi connectivity index (χ1n) is 15.1. The van der Waals surface area contributed by atoms with E-state index in [0.717, 1.165) is 29.2 Å². The lowest BCUT2D eigenvalue weighted by molar-refractivity contribution is 1.17. The summed E-state index contributed by atoms with van der Waals surface area (Å²) in [6.07, 6.45) is 7.66. The number of hydrogen-bond acceptors (Lipinski definition) is 2. The summed E-state index contributed by atoms with van der Waals surface area (Å²) in [6.45, 7) is 4.30. The van der Waals surface area contributed by atoms with Gasteiger partial charge in [-0.05, 0) is 89.5 Å². The maximum absolute atomic E-state index is 2.39. The van der Waals surface area contributed by atoms with Gasteiger partial charge in [-0.2, -0.15) is 0 Å². The largest absolute Gasteiger partial charge is 0.310 e. The van der Waals surface area contributed by atoms with Gasteiger partial charge in [-0.15, -0.1) is 0 Å². The quantitative estimate of drug-likeness (QED) is 0.136. The lowest BCUT2D eigenvalue weighted by Gasteiger charge is -2.29. The molecule has 0 unspecified atom stereocenters. The fraction of sp³-hybridized carbons (Fsp3) is 0.0732. The van der Waals surface area contributed by atoms with Crippen molar-refractivity contribution >= 4 is 60.8 Å². The molecule has 2 heteroatoms. The summed E-state index contributed by atoms with van der Waals surface area (Å²) >= 11 is 0. The first-order valence-corrected chi connectivity index (χ1v) is 15.1. The Balaban J connectivity index is 1.52. The minimum atomic E-state index is 0.987. The van der Waals surface area contributed by atoms with E-state index in [1.165, 1.54) is 43.7 Å². The predicted octanol–water partition coefficient (Wildman–Crippen LogP) is 12.1. The number of rotatable bonds is 8. The number of para-hydroxylation sites is 3. The van der Waals surface area contributed by atoms with Gasteiger partial charge in [0.25, 0.3) is 0 Å². The van der Waals surface area contributed by atoms with Gasteiger partial charge in [-0.1, -0.05) is 110 Å². The molecule has 0 radical (unpaired) electrons. The zero-order chi connectivity index (χ0) is 29.2. The minimum absolute atomic E-state index is 0.987. The molecule has 0 aliphatic carbocycles. The summed E-state index contributed by atoms with van der Waals surface area (Å²) in [7, 11) is 0. The highest BCUT2D eigenvalue weighted by molar-refractivity contribution is 6.28. The van der Waals surface area contributed by atoms with Crippen LogP contribution in [-0.4, -0.2) is 0 Å². The second-order valence-corrected chi connectivity index (χ2v) is 10.8. The standard InChI is InChI=1S/C41H34N2/c1-3-5-15-32(4-2)42(33-16-9-6-10-17-33)38-28-24-30-23-27-37-39(29-25-31-22-26-36(38)40(30)41(31)37)43(34-18-11-7-12-19-34)35-20-13-8-14-21-35/h4-29H,3H2,1-2H3/b15-5-,32-4+. The average molecular weight is 555 g/mol. The molecule has 0 heterocycles. The second kappa shape index (κ2) is 11.5. The Morgan fingerprint density at radius 2 is 1.00 bits per heavy atom. The molecule has 0 spiro atoms. The Hall–Kier alpha value is -5.34. The molecule has 0 fully saturated rings. The van der Waals surface area contributed by atoms with Gasteiger partial charge < -0.3 is 9.80 Å². The summed E-state index contributed by atoms with van der Waals surface area (Å²) in [6, 6.07) is 50.3. The van der Waals surface area contributed by atoms with Crippen molar-refractivity contribution in [3.05, 3.63) is 163 Å². The fourth-order valence-corrected chi connectivity index (χ4v) is 6.28. The van der Waals surface area contributed by atoms with E-state index < -0.39 is 0 Å². The van der Waals surface area contributed by atoms with Crippen LogP contribution in [0.5, 0.6) is 0 Å². The second-order valence-electron chi connectivity index (χ2n) is 10.8. The summed E-state index contributed by atoms with van der Waals surface area (Å²) in [4.78, 5) is 4.76. The van der Waals surface area contributed by atoms with Gasteiger partial charge in [0.1, 0.15) is 0 Å². The van der Waals surface area contributed by atoms with Gasteiger partial charge in [-0.25, -0.2) is 0 Å². The molecular formula is C41H34N2. The molecule has 7 rings (SSSR count). The van der Waals surface area contributed by atoms with Crippen LogP contribution in [-0.2, 0) is 0 Å². The average Bonchev–Trinajstić information content (AvgIpc) is 3.08. The Morgan fingerprint density at radius 3 is 1.51 bits per heavy atom.